The Morgan fingerprint density at radius 1 is 1.29 bits per heavy atom. The monoisotopic (exact) mass is 396 g/mol. The van der Waals surface area contributed by atoms with Crippen molar-refractivity contribution in [1.82, 2.24) is 5.32 Å². The highest BCUT2D eigenvalue weighted by Gasteiger charge is 2.32. The number of thioether (sulfide) groups is 1. The number of anilines is 1. The van der Waals surface area contributed by atoms with Crippen molar-refractivity contribution in [2.24, 2.45) is 10.2 Å². The lowest BCUT2D eigenvalue weighted by molar-refractivity contribution is -0.122. The Balaban J connectivity index is 1.58. The van der Waals surface area contributed by atoms with Crippen LogP contribution in [-0.2, 0) is 9.59 Å². The van der Waals surface area contributed by atoms with Gasteiger partial charge in [-0.1, -0.05) is 36.0 Å². The van der Waals surface area contributed by atoms with E-state index in [1.807, 2.05) is 32.0 Å². The zero-order valence-corrected chi connectivity index (χ0v) is 16.3. The molecule has 144 valence electrons. The van der Waals surface area contributed by atoms with Crippen LogP contribution in [0, 0.1) is 13.8 Å². The number of hydrogen-bond acceptors (Lipinski definition) is 6. The minimum atomic E-state index is -0.556. The highest BCUT2D eigenvalue weighted by molar-refractivity contribution is 8.15. The number of carbonyl (C=O) groups is 2. The summed E-state index contributed by atoms with van der Waals surface area (Å²) in [6.07, 6.45) is 1.51. The molecule has 0 aliphatic carbocycles. The summed E-state index contributed by atoms with van der Waals surface area (Å²) in [5.41, 5.74) is 3.52. The summed E-state index contributed by atoms with van der Waals surface area (Å²) in [6, 6.07) is 12.3. The predicted octanol–water partition coefficient (Wildman–Crippen LogP) is 2.96. The molecule has 0 bridgehead atoms. The first-order valence-corrected chi connectivity index (χ1v) is 9.54. The van der Waals surface area contributed by atoms with Crippen LogP contribution < -0.4 is 10.6 Å². The van der Waals surface area contributed by atoms with Gasteiger partial charge in [-0.3, -0.25) is 9.59 Å². The molecule has 1 unspecified atom stereocenters. The Hall–Kier alpha value is -3.13. The number of nitrogens with zero attached hydrogens (tertiary/aromatic N) is 2. The van der Waals surface area contributed by atoms with Crippen LogP contribution in [0.5, 0.6) is 5.75 Å². The lowest BCUT2D eigenvalue weighted by Crippen LogP contribution is -2.28. The van der Waals surface area contributed by atoms with E-state index in [0.29, 0.717) is 10.7 Å². The molecule has 1 aliphatic rings. The van der Waals surface area contributed by atoms with Crippen molar-refractivity contribution >= 4 is 40.6 Å². The van der Waals surface area contributed by atoms with E-state index in [-0.39, 0.29) is 24.0 Å². The molecule has 7 nitrogen and oxygen atoms in total. The minimum Gasteiger partial charge on any atom is -0.508 e. The van der Waals surface area contributed by atoms with Crippen molar-refractivity contribution in [3.05, 3.63) is 59.2 Å². The first-order valence-electron chi connectivity index (χ1n) is 8.66. The number of rotatable bonds is 5. The van der Waals surface area contributed by atoms with Crippen molar-refractivity contribution in [2.45, 2.75) is 25.5 Å². The summed E-state index contributed by atoms with van der Waals surface area (Å²) < 4.78 is 0. The van der Waals surface area contributed by atoms with Crippen molar-refractivity contribution in [3.63, 3.8) is 0 Å². The molecule has 8 heteroatoms. The third kappa shape index (κ3) is 4.98. The number of amidine groups is 1. The van der Waals surface area contributed by atoms with Gasteiger partial charge < -0.3 is 15.7 Å². The van der Waals surface area contributed by atoms with Crippen LogP contribution in [0.4, 0.5) is 5.69 Å². The zero-order valence-electron chi connectivity index (χ0n) is 15.5. The molecule has 1 atom stereocenters. The Morgan fingerprint density at radius 3 is 2.86 bits per heavy atom. The molecule has 1 fully saturated rings. The van der Waals surface area contributed by atoms with E-state index in [1.165, 1.54) is 18.0 Å². The average Bonchev–Trinajstić information content (AvgIpc) is 2.98. The standard InChI is InChI=1S/C20H20N4O3S/c1-12-5-3-8-16(13(12)2)22-18(26)10-17-19(27)23-20(28-17)24-21-11-14-6-4-7-15(25)9-14/h3-9,11,17,25H,10H2,1-2H3,(H,22,26)(H,23,24,27)/b21-11+. The van der Waals surface area contributed by atoms with E-state index < -0.39 is 5.25 Å². The molecular weight excluding hydrogens is 376 g/mol. The molecule has 1 saturated heterocycles. The van der Waals surface area contributed by atoms with Crippen LogP contribution in [0.15, 0.2) is 52.7 Å². The fraction of sp³-hybridized carbons (Fsp3) is 0.200. The maximum atomic E-state index is 12.3. The van der Waals surface area contributed by atoms with E-state index in [9.17, 15) is 14.7 Å². The van der Waals surface area contributed by atoms with E-state index >= 15 is 0 Å². The fourth-order valence-electron chi connectivity index (χ4n) is 2.60. The first kappa shape index (κ1) is 19.6. The smallest absolute Gasteiger partial charge is 0.240 e. The number of nitrogens with one attached hydrogen (secondary N) is 2. The molecule has 1 aliphatic heterocycles. The van der Waals surface area contributed by atoms with Crippen LogP contribution in [0.1, 0.15) is 23.1 Å². The topological polar surface area (TPSA) is 103 Å². The Kier molecular flexibility index (Phi) is 6.10. The van der Waals surface area contributed by atoms with Crippen molar-refractivity contribution < 1.29 is 14.7 Å². The van der Waals surface area contributed by atoms with Gasteiger partial charge in [0.15, 0.2) is 5.17 Å². The van der Waals surface area contributed by atoms with Crippen LogP contribution >= 0.6 is 11.8 Å². The normalized spacial score (nSPS) is 17.9. The average molecular weight is 396 g/mol. The quantitative estimate of drug-likeness (QED) is 0.534. The lowest BCUT2D eigenvalue weighted by Gasteiger charge is -2.11. The number of benzene rings is 2. The predicted molar refractivity (Wildman–Crippen MR) is 112 cm³/mol. The SMILES string of the molecule is Cc1cccc(NC(=O)CC2S/C(=N/N=C/c3cccc(O)c3)NC2=O)c1C. The molecule has 2 aromatic carbocycles. The van der Waals surface area contributed by atoms with Gasteiger partial charge in [-0.2, -0.15) is 5.10 Å². The molecule has 2 aromatic rings. The van der Waals surface area contributed by atoms with E-state index in [4.69, 9.17) is 0 Å². The zero-order chi connectivity index (χ0) is 20.1. The molecule has 28 heavy (non-hydrogen) atoms. The fourth-order valence-corrected chi connectivity index (χ4v) is 3.52. The molecule has 0 aromatic heterocycles. The van der Waals surface area contributed by atoms with E-state index in [0.717, 1.165) is 16.8 Å². The molecular formula is C20H20N4O3S. The Labute approximate surface area is 167 Å². The van der Waals surface area contributed by atoms with Gasteiger partial charge in [0.25, 0.3) is 0 Å². The molecule has 0 radical (unpaired) electrons. The lowest BCUT2D eigenvalue weighted by atomic mass is 10.1. The highest BCUT2D eigenvalue weighted by Crippen LogP contribution is 2.24. The summed E-state index contributed by atoms with van der Waals surface area (Å²) in [5, 5.41) is 22.6. The van der Waals surface area contributed by atoms with Crippen LogP contribution in [0.3, 0.4) is 0 Å². The Bertz CT molecular complexity index is 972. The third-order valence-electron chi connectivity index (χ3n) is 4.25. The van der Waals surface area contributed by atoms with E-state index in [2.05, 4.69) is 20.8 Å². The third-order valence-corrected chi connectivity index (χ3v) is 5.32. The maximum Gasteiger partial charge on any atom is 0.240 e. The number of carbonyl (C=O) groups excluding carboxylic acids is 2. The summed E-state index contributed by atoms with van der Waals surface area (Å²) in [5.74, 6) is -0.367. The minimum absolute atomic E-state index is 0.0408. The van der Waals surface area contributed by atoms with Crippen LogP contribution in [0.25, 0.3) is 0 Å². The van der Waals surface area contributed by atoms with Crippen LogP contribution in [0.2, 0.25) is 0 Å². The van der Waals surface area contributed by atoms with Gasteiger partial charge in [0, 0.05) is 12.1 Å². The molecule has 3 N–H and O–H groups in total. The van der Waals surface area contributed by atoms with Crippen molar-refractivity contribution in [2.75, 3.05) is 5.32 Å². The van der Waals surface area contributed by atoms with Gasteiger partial charge >= 0.3 is 0 Å². The number of hydrogen-bond donors (Lipinski definition) is 3. The first-order chi connectivity index (χ1) is 13.4. The van der Waals surface area contributed by atoms with Gasteiger partial charge in [-0.25, -0.2) is 0 Å². The molecule has 0 spiro atoms. The second-order valence-electron chi connectivity index (χ2n) is 6.34. The second kappa shape index (κ2) is 8.71. The van der Waals surface area contributed by atoms with Gasteiger partial charge in [-0.15, -0.1) is 5.10 Å². The van der Waals surface area contributed by atoms with E-state index in [1.54, 1.807) is 24.3 Å². The Morgan fingerprint density at radius 2 is 2.07 bits per heavy atom. The van der Waals surface area contributed by atoms with Crippen molar-refractivity contribution in [3.8, 4) is 5.75 Å². The molecule has 1 heterocycles. The number of aromatic hydroxyl groups is 1. The number of phenolic OH excluding ortho intramolecular Hbond substituents is 1. The highest BCUT2D eigenvalue weighted by atomic mass is 32.2. The maximum absolute atomic E-state index is 12.3. The van der Waals surface area contributed by atoms with Gasteiger partial charge in [0.2, 0.25) is 11.8 Å². The number of amides is 2. The van der Waals surface area contributed by atoms with Crippen LogP contribution in [-0.4, -0.2) is 33.6 Å². The second-order valence-corrected chi connectivity index (χ2v) is 7.53. The van der Waals surface area contributed by atoms with Gasteiger partial charge in [0.05, 0.1) is 6.21 Å². The summed E-state index contributed by atoms with van der Waals surface area (Å²) in [4.78, 5) is 24.4. The molecule has 2 amide bonds. The molecule has 3 rings (SSSR count). The largest absolute Gasteiger partial charge is 0.508 e. The summed E-state index contributed by atoms with van der Waals surface area (Å²) in [7, 11) is 0. The molecule has 0 saturated carbocycles. The number of phenols is 1. The van der Waals surface area contributed by atoms with Crippen molar-refractivity contribution in [1.29, 1.82) is 0 Å². The van der Waals surface area contributed by atoms with Gasteiger partial charge in [-0.05, 0) is 48.7 Å². The summed E-state index contributed by atoms with van der Waals surface area (Å²) >= 11 is 1.17. The number of aryl methyl sites for hydroxylation is 1. The van der Waals surface area contributed by atoms with Gasteiger partial charge in [0.1, 0.15) is 11.0 Å². The summed E-state index contributed by atoms with van der Waals surface area (Å²) in [6.45, 7) is 3.92.